The molecule has 4 nitrogen and oxygen atoms in total. The van der Waals surface area contributed by atoms with Crippen molar-refractivity contribution < 1.29 is 9.53 Å². The fourth-order valence-corrected chi connectivity index (χ4v) is 1.58. The Morgan fingerprint density at radius 1 is 1.05 bits per heavy atom. The van der Waals surface area contributed by atoms with Gasteiger partial charge in [-0.05, 0) is 30.3 Å². The highest BCUT2D eigenvalue weighted by atomic mass is 16.5. The quantitative estimate of drug-likeness (QED) is 0.439. The van der Waals surface area contributed by atoms with Crippen molar-refractivity contribution in [2.45, 2.75) is 0 Å². The molecule has 0 saturated heterocycles. The summed E-state index contributed by atoms with van der Waals surface area (Å²) in [6.45, 7) is 3.92. The second-order valence-corrected chi connectivity index (χ2v) is 3.98. The molecule has 2 aromatic rings. The highest BCUT2D eigenvalue weighted by Gasteiger charge is 2.03. The highest BCUT2D eigenvalue weighted by molar-refractivity contribution is 5.81. The molecular weight excluding hydrogens is 252 g/mol. The van der Waals surface area contributed by atoms with E-state index in [1.165, 1.54) is 0 Å². The van der Waals surface area contributed by atoms with Crippen molar-refractivity contribution in [3.05, 3.63) is 66.7 Å². The fraction of sp³-hybridized carbons (Fsp3) is 0.0625. The molecule has 0 heterocycles. The number of hydrogen-bond acceptors (Lipinski definition) is 4. The van der Waals surface area contributed by atoms with Crippen molar-refractivity contribution in [2.24, 2.45) is 10.2 Å². The third-order valence-electron chi connectivity index (χ3n) is 2.51. The van der Waals surface area contributed by atoms with Gasteiger partial charge in [-0.25, -0.2) is 0 Å². The van der Waals surface area contributed by atoms with Gasteiger partial charge < -0.3 is 4.74 Å². The third kappa shape index (κ3) is 3.62. The Kier molecular flexibility index (Phi) is 4.78. The van der Waals surface area contributed by atoms with E-state index in [1.807, 2.05) is 30.3 Å². The minimum absolute atomic E-state index is 0.353. The Labute approximate surface area is 117 Å². The molecule has 0 radical (unpaired) electrons. The van der Waals surface area contributed by atoms with Crippen LogP contribution in [0.1, 0.15) is 10.4 Å². The van der Waals surface area contributed by atoms with Crippen molar-refractivity contribution in [1.82, 2.24) is 0 Å². The highest BCUT2D eigenvalue weighted by Crippen LogP contribution is 2.24. The average molecular weight is 266 g/mol. The normalized spacial score (nSPS) is 10.4. The van der Waals surface area contributed by atoms with Crippen molar-refractivity contribution in [3.8, 4) is 5.75 Å². The Hall–Kier alpha value is -2.75. The third-order valence-corrected chi connectivity index (χ3v) is 2.51. The maximum absolute atomic E-state index is 11.0. The summed E-state index contributed by atoms with van der Waals surface area (Å²) in [4.78, 5) is 11.0. The Morgan fingerprint density at radius 3 is 2.50 bits per heavy atom. The second-order valence-electron chi connectivity index (χ2n) is 3.98. The Morgan fingerprint density at radius 2 is 1.80 bits per heavy atom. The van der Waals surface area contributed by atoms with Crippen LogP contribution in [0.25, 0.3) is 0 Å². The Bertz CT molecular complexity index is 622. The second kappa shape index (κ2) is 6.99. The molecule has 0 spiro atoms. The zero-order chi connectivity index (χ0) is 14.2. The topological polar surface area (TPSA) is 51.0 Å². The van der Waals surface area contributed by atoms with Crippen LogP contribution in [0.4, 0.5) is 11.4 Å². The van der Waals surface area contributed by atoms with Gasteiger partial charge in [0.05, 0.1) is 16.9 Å². The number of aldehydes is 1. The summed E-state index contributed by atoms with van der Waals surface area (Å²) in [5.41, 5.74) is 1.80. The number of benzene rings is 2. The van der Waals surface area contributed by atoms with E-state index in [9.17, 15) is 4.79 Å². The van der Waals surface area contributed by atoms with E-state index < -0.39 is 0 Å². The van der Waals surface area contributed by atoms with Crippen LogP contribution in [0.2, 0.25) is 0 Å². The van der Waals surface area contributed by atoms with Crippen LogP contribution in [0.3, 0.4) is 0 Å². The summed E-state index contributed by atoms with van der Waals surface area (Å²) in [5.74, 6) is 0.513. The van der Waals surface area contributed by atoms with Crippen LogP contribution in [-0.4, -0.2) is 12.9 Å². The van der Waals surface area contributed by atoms with E-state index >= 15 is 0 Å². The first-order chi connectivity index (χ1) is 9.83. The van der Waals surface area contributed by atoms with E-state index in [1.54, 1.807) is 24.3 Å². The molecule has 20 heavy (non-hydrogen) atoms. The molecule has 0 atom stereocenters. The van der Waals surface area contributed by atoms with Crippen molar-refractivity contribution in [3.63, 3.8) is 0 Å². The van der Waals surface area contributed by atoms with Gasteiger partial charge in [0.15, 0.2) is 6.29 Å². The lowest BCUT2D eigenvalue weighted by Crippen LogP contribution is -1.96. The number of nitrogens with zero attached hydrogens (tertiary/aromatic N) is 2. The molecule has 100 valence electrons. The first-order valence-electron chi connectivity index (χ1n) is 6.13. The number of carbonyl (C=O) groups excluding carboxylic acids is 1. The zero-order valence-corrected chi connectivity index (χ0v) is 10.9. The number of ether oxygens (including phenoxy) is 1. The summed E-state index contributed by atoms with van der Waals surface area (Å²) in [6, 6.07) is 14.5. The fourth-order valence-electron chi connectivity index (χ4n) is 1.58. The van der Waals surface area contributed by atoms with Gasteiger partial charge >= 0.3 is 0 Å². The van der Waals surface area contributed by atoms with Gasteiger partial charge in [-0.3, -0.25) is 4.79 Å². The van der Waals surface area contributed by atoms with Gasteiger partial charge in [-0.2, -0.15) is 10.2 Å². The van der Waals surface area contributed by atoms with Crippen molar-refractivity contribution in [1.29, 1.82) is 0 Å². The summed E-state index contributed by atoms with van der Waals surface area (Å²) < 4.78 is 5.37. The zero-order valence-electron chi connectivity index (χ0n) is 10.9. The Balaban J connectivity index is 2.19. The molecule has 0 aliphatic carbocycles. The summed E-state index contributed by atoms with van der Waals surface area (Å²) in [7, 11) is 0. The first kappa shape index (κ1) is 13.7. The van der Waals surface area contributed by atoms with Gasteiger partial charge in [0.1, 0.15) is 12.4 Å². The monoisotopic (exact) mass is 266 g/mol. The van der Waals surface area contributed by atoms with Crippen LogP contribution in [0, 0.1) is 0 Å². The largest absolute Gasteiger partial charge is 0.489 e. The predicted octanol–water partition coefficient (Wildman–Crippen LogP) is 4.48. The van der Waals surface area contributed by atoms with Crippen LogP contribution in [-0.2, 0) is 0 Å². The minimum Gasteiger partial charge on any atom is -0.489 e. The van der Waals surface area contributed by atoms with Crippen LogP contribution >= 0.6 is 0 Å². The first-order valence-corrected chi connectivity index (χ1v) is 6.13. The van der Waals surface area contributed by atoms with Gasteiger partial charge in [-0.15, -0.1) is 0 Å². The number of azo groups is 1. The lowest BCUT2D eigenvalue weighted by atomic mass is 10.2. The van der Waals surface area contributed by atoms with Crippen LogP contribution in [0.5, 0.6) is 5.75 Å². The van der Waals surface area contributed by atoms with Crippen LogP contribution < -0.4 is 4.74 Å². The molecule has 2 rings (SSSR count). The molecule has 2 aromatic carbocycles. The van der Waals surface area contributed by atoms with Gasteiger partial charge in [0, 0.05) is 0 Å². The predicted molar refractivity (Wildman–Crippen MR) is 78.1 cm³/mol. The molecule has 0 bridgehead atoms. The molecule has 0 fully saturated rings. The van der Waals surface area contributed by atoms with E-state index in [0.717, 1.165) is 12.0 Å². The molecular formula is C16H14N2O2. The number of carbonyl (C=O) groups is 1. The lowest BCUT2D eigenvalue weighted by molar-refractivity contribution is 0.112. The van der Waals surface area contributed by atoms with E-state index in [-0.39, 0.29) is 0 Å². The summed E-state index contributed by atoms with van der Waals surface area (Å²) in [5, 5.41) is 8.19. The summed E-state index contributed by atoms with van der Waals surface area (Å²) in [6.07, 6.45) is 2.36. The molecule has 0 unspecified atom stereocenters. The van der Waals surface area contributed by atoms with Crippen LogP contribution in [0.15, 0.2) is 71.4 Å². The number of rotatable bonds is 6. The van der Waals surface area contributed by atoms with E-state index in [2.05, 4.69) is 16.8 Å². The molecule has 0 N–H and O–H groups in total. The molecule has 0 aromatic heterocycles. The molecule has 0 aliphatic heterocycles. The molecule has 0 saturated carbocycles. The standard InChI is InChI=1S/C16H14N2O2/c1-2-10-20-16-9-8-15(11-13(16)12-19)18-17-14-6-4-3-5-7-14/h2-9,11-12H,1,10H2. The van der Waals surface area contributed by atoms with Gasteiger partial charge in [0.25, 0.3) is 0 Å². The molecule has 0 amide bonds. The van der Waals surface area contributed by atoms with Crippen molar-refractivity contribution in [2.75, 3.05) is 6.61 Å². The maximum Gasteiger partial charge on any atom is 0.153 e. The maximum atomic E-state index is 11.0. The average Bonchev–Trinajstić information content (AvgIpc) is 2.52. The van der Waals surface area contributed by atoms with Gasteiger partial charge in [0.2, 0.25) is 0 Å². The van der Waals surface area contributed by atoms with Crippen molar-refractivity contribution >= 4 is 17.7 Å². The SMILES string of the molecule is C=CCOc1ccc(N=Nc2ccccc2)cc1C=O. The smallest absolute Gasteiger partial charge is 0.153 e. The van der Waals surface area contributed by atoms with Gasteiger partial charge in [-0.1, -0.05) is 30.9 Å². The van der Waals surface area contributed by atoms with E-state index in [4.69, 9.17) is 4.74 Å². The van der Waals surface area contributed by atoms with E-state index in [0.29, 0.717) is 23.6 Å². The minimum atomic E-state index is 0.353. The summed E-state index contributed by atoms with van der Waals surface area (Å²) >= 11 is 0. The molecule has 4 heteroatoms. The number of hydrogen-bond donors (Lipinski definition) is 0. The molecule has 0 aliphatic rings. The lowest BCUT2D eigenvalue weighted by Gasteiger charge is -2.06.